The van der Waals surface area contributed by atoms with Crippen molar-refractivity contribution in [2.24, 2.45) is 10.1 Å². The number of halogens is 1. The quantitative estimate of drug-likeness (QED) is 0.501. The summed E-state index contributed by atoms with van der Waals surface area (Å²) >= 11 is 2.31. The Labute approximate surface area is 116 Å². The van der Waals surface area contributed by atoms with Crippen LogP contribution in [0.15, 0.2) is 34.4 Å². The Morgan fingerprint density at radius 1 is 1.24 bits per heavy atom. The lowest BCUT2D eigenvalue weighted by Gasteiger charge is -2.02. The number of amidine groups is 1. The summed E-state index contributed by atoms with van der Waals surface area (Å²) in [5.74, 6) is 1.02. The molecule has 0 amide bonds. The molecule has 1 aliphatic rings. The molecule has 0 aromatic heterocycles. The highest BCUT2D eigenvalue weighted by Crippen LogP contribution is 2.09. The predicted octanol–water partition coefficient (Wildman–Crippen LogP) is 3.19. The fraction of sp³-hybridized carbons (Fsp3) is 0.385. The van der Waals surface area contributed by atoms with Gasteiger partial charge in [-0.2, -0.15) is 5.10 Å². The monoisotopic (exact) mass is 341 g/mol. The van der Waals surface area contributed by atoms with Gasteiger partial charge >= 0.3 is 0 Å². The standard InChI is InChI=1S/C13H16IN3/c14-12-7-4-3-6-11(12)10-16-17-13-8-2-1-5-9-15-13/h3-4,6-7,10H,1-2,5,8-9H2,(H,15,17)/b16-10+. The zero-order chi connectivity index (χ0) is 11.9. The van der Waals surface area contributed by atoms with Crippen LogP contribution in [0.3, 0.4) is 0 Å². The van der Waals surface area contributed by atoms with Gasteiger partial charge in [-0.3, -0.25) is 10.4 Å². The molecule has 0 fully saturated rings. The number of nitrogens with zero attached hydrogens (tertiary/aromatic N) is 2. The van der Waals surface area contributed by atoms with E-state index in [4.69, 9.17) is 0 Å². The van der Waals surface area contributed by atoms with Crippen LogP contribution >= 0.6 is 22.6 Å². The highest BCUT2D eigenvalue weighted by atomic mass is 127. The van der Waals surface area contributed by atoms with E-state index in [1.165, 1.54) is 22.8 Å². The molecule has 0 radical (unpaired) electrons. The van der Waals surface area contributed by atoms with Crippen molar-refractivity contribution in [3.05, 3.63) is 33.4 Å². The predicted molar refractivity (Wildman–Crippen MR) is 80.7 cm³/mol. The molecule has 0 bridgehead atoms. The molecule has 0 saturated carbocycles. The molecule has 0 aliphatic carbocycles. The van der Waals surface area contributed by atoms with Crippen molar-refractivity contribution >= 4 is 34.6 Å². The number of nitrogens with one attached hydrogen (secondary N) is 1. The molecular formula is C13H16IN3. The molecule has 0 saturated heterocycles. The van der Waals surface area contributed by atoms with Crippen molar-refractivity contribution in [1.82, 2.24) is 5.43 Å². The fourth-order valence-corrected chi connectivity index (χ4v) is 2.25. The highest BCUT2D eigenvalue weighted by Gasteiger charge is 2.02. The molecule has 1 heterocycles. The normalized spacial score (nSPS) is 16.6. The third-order valence-corrected chi connectivity index (χ3v) is 3.66. The Kier molecular flexibility index (Phi) is 4.97. The van der Waals surface area contributed by atoms with E-state index in [0.717, 1.165) is 24.4 Å². The number of benzene rings is 1. The summed E-state index contributed by atoms with van der Waals surface area (Å²) in [7, 11) is 0. The first-order valence-corrected chi connectivity index (χ1v) is 7.01. The third kappa shape index (κ3) is 4.11. The van der Waals surface area contributed by atoms with E-state index < -0.39 is 0 Å². The fourth-order valence-electron chi connectivity index (χ4n) is 1.72. The third-order valence-electron chi connectivity index (χ3n) is 2.68. The van der Waals surface area contributed by atoms with Gasteiger partial charge in [-0.15, -0.1) is 0 Å². The zero-order valence-electron chi connectivity index (χ0n) is 9.69. The second-order valence-corrected chi connectivity index (χ2v) is 5.19. The minimum Gasteiger partial charge on any atom is -0.271 e. The Bertz CT molecular complexity index is 426. The van der Waals surface area contributed by atoms with E-state index >= 15 is 0 Å². The van der Waals surface area contributed by atoms with Crippen LogP contribution in [0.1, 0.15) is 31.2 Å². The lowest BCUT2D eigenvalue weighted by atomic mass is 10.2. The molecule has 3 nitrogen and oxygen atoms in total. The van der Waals surface area contributed by atoms with Gasteiger partial charge in [0.1, 0.15) is 5.84 Å². The second-order valence-electron chi connectivity index (χ2n) is 4.03. The Hall–Kier alpha value is -0.910. The van der Waals surface area contributed by atoms with Gasteiger partial charge in [0.05, 0.1) is 6.21 Å². The minimum atomic E-state index is 0.931. The summed E-state index contributed by atoms with van der Waals surface area (Å²) in [6.45, 7) is 0.931. The maximum absolute atomic E-state index is 4.47. The van der Waals surface area contributed by atoms with Crippen LogP contribution in [0.2, 0.25) is 0 Å². The molecule has 0 spiro atoms. The summed E-state index contributed by atoms with van der Waals surface area (Å²) in [6, 6.07) is 8.18. The van der Waals surface area contributed by atoms with Crippen molar-refractivity contribution in [2.45, 2.75) is 25.7 Å². The van der Waals surface area contributed by atoms with Crippen LogP contribution in [0.4, 0.5) is 0 Å². The molecule has 1 aliphatic heterocycles. The van der Waals surface area contributed by atoms with E-state index in [1.54, 1.807) is 0 Å². The first-order valence-electron chi connectivity index (χ1n) is 5.93. The topological polar surface area (TPSA) is 36.8 Å². The van der Waals surface area contributed by atoms with Crippen LogP contribution in [0.5, 0.6) is 0 Å². The van der Waals surface area contributed by atoms with Crippen molar-refractivity contribution in [2.75, 3.05) is 6.54 Å². The number of aliphatic imine (C=N–C) groups is 1. The Balaban J connectivity index is 1.93. The van der Waals surface area contributed by atoms with Gasteiger partial charge in [-0.1, -0.05) is 24.6 Å². The summed E-state index contributed by atoms with van der Waals surface area (Å²) in [5, 5.41) is 4.26. The maximum Gasteiger partial charge on any atom is 0.117 e. The van der Waals surface area contributed by atoms with E-state index in [1.807, 2.05) is 18.3 Å². The van der Waals surface area contributed by atoms with Crippen molar-refractivity contribution in [3.63, 3.8) is 0 Å². The summed E-state index contributed by atoms with van der Waals surface area (Å²) in [5.41, 5.74) is 4.19. The number of hydrogen-bond donors (Lipinski definition) is 1. The van der Waals surface area contributed by atoms with E-state index in [-0.39, 0.29) is 0 Å². The number of hydrogen-bond acceptors (Lipinski definition) is 3. The van der Waals surface area contributed by atoms with Crippen LogP contribution in [0, 0.1) is 3.57 Å². The molecule has 2 rings (SSSR count). The molecule has 4 heteroatoms. The summed E-state index contributed by atoms with van der Waals surface area (Å²) in [4.78, 5) is 4.47. The van der Waals surface area contributed by atoms with Gasteiger partial charge < -0.3 is 0 Å². The molecule has 0 unspecified atom stereocenters. The van der Waals surface area contributed by atoms with Gasteiger partial charge in [-0.25, -0.2) is 0 Å². The molecule has 90 valence electrons. The van der Waals surface area contributed by atoms with E-state index in [2.05, 4.69) is 50.2 Å². The van der Waals surface area contributed by atoms with Crippen LogP contribution in [-0.2, 0) is 0 Å². The van der Waals surface area contributed by atoms with Crippen molar-refractivity contribution in [3.8, 4) is 0 Å². The van der Waals surface area contributed by atoms with E-state index in [0.29, 0.717) is 0 Å². The molecular weight excluding hydrogens is 325 g/mol. The van der Waals surface area contributed by atoms with Gasteiger partial charge in [-0.05, 0) is 41.5 Å². The Morgan fingerprint density at radius 2 is 2.12 bits per heavy atom. The first kappa shape index (κ1) is 12.5. The maximum atomic E-state index is 4.47. The Morgan fingerprint density at radius 3 is 3.00 bits per heavy atom. The van der Waals surface area contributed by atoms with Gasteiger partial charge in [0, 0.05) is 22.1 Å². The van der Waals surface area contributed by atoms with Gasteiger partial charge in [0.2, 0.25) is 0 Å². The zero-order valence-corrected chi connectivity index (χ0v) is 11.9. The van der Waals surface area contributed by atoms with Crippen LogP contribution in [0.25, 0.3) is 0 Å². The molecule has 1 aromatic rings. The molecule has 0 atom stereocenters. The number of hydrazone groups is 1. The highest BCUT2D eigenvalue weighted by molar-refractivity contribution is 14.1. The first-order chi connectivity index (χ1) is 8.36. The summed E-state index contributed by atoms with van der Waals surface area (Å²) < 4.78 is 1.21. The van der Waals surface area contributed by atoms with Crippen LogP contribution in [-0.4, -0.2) is 18.6 Å². The average Bonchev–Trinajstić information content (AvgIpc) is 2.60. The second kappa shape index (κ2) is 6.74. The minimum absolute atomic E-state index is 0.931. The van der Waals surface area contributed by atoms with E-state index in [9.17, 15) is 0 Å². The van der Waals surface area contributed by atoms with Crippen LogP contribution < -0.4 is 5.43 Å². The van der Waals surface area contributed by atoms with Gasteiger partial charge in [0.15, 0.2) is 0 Å². The lowest BCUT2D eigenvalue weighted by Crippen LogP contribution is -2.17. The largest absolute Gasteiger partial charge is 0.271 e. The molecule has 17 heavy (non-hydrogen) atoms. The molecule has 1 aromatic carbocycles. The number of rotatable bonds is 2. The molecule has 1 N–H and O–H groups in total. The summed E-state index contributed by atoms with van der Waals surface area (Å²) in [6.07, 6.45) is 6.56. The SMILES string of the molecule is Ic1ccccc1/C=N/NC1=NCCCCC1. The van der Waals surface area contributed by atoms with Crippen molar-refractivity contribution in [1.29, 1.82) is 0 Å². The smallest absolute Gasteiger partial charge is 0.117 e. The van der Waals surface area contributed by atoms with Gasteiger partial charge in [0.25, 0.3) is 0 Å². The average molecular weight is 341 g/mol. The lowest BCUT2D eigenvalue weighted by molar-refractivity contribution is 0.729. The van der Waals surface area contributed by atoms with Crippen molar-refractivity contribution < 1.29 is 0 Å².